The minimum atomic E-state index is 0.293. The van der Waals surface area contributed by atoms with Crippen molar-refractivity contribution in [2.24, 2.45) is 5.92 Å². The van der Waals surface area contributed by atoms with Gasteiger partial charge in [-0.2, -0.15) is 5.10 Å². The molecule has 152 valence electrons. The number of carbonyl (C=O) groups excluding carboxylic acids is 1. The Labute approximate surface area is 169 Å². The Hall–Kier alpha value is -2.51. The number of imidazole rings is 1. The summed E-state index contributed by atoms with van der Waals surface area (Å²) in [6.45, 7) is 4.47. The molecule has 0 unspecified atom stereocenters. The second-order valence-electron chi connectivity index (χ2n) is 8.31. The molecule has 3 aromatic rings. The fourth-order valence-electron chi connectivity index (χ4n) is 4.24. The second kappa shape index (κ2) is 8.08. The number of rotatable bonds is 7. The summed E-state index contributed by atoms with van der Waals surface area (Å²) in [5.41, 5.74) is 4.93. The Bertz CT molecular complexity index is 998. The van der Waals surface area contributed by atoms with Crippen molar-refractivity contribution in [3.8, 4) is 11.5 Å². The summed E-state index contributed by atoms with van der Waals surface area (Å²) in [6.07, 6.45) is 6.52. The van der Waals surface area contributed by atoms with E-state index in [1.807, 2.05) is 0 Å². The summed E-state index contributed by atoms with van der Waals surface area (Å²) in [5, 5.41) is 7.21. The maximum atomic E-state index is 12.4. The number of nitrogens with zero attached hydrogens (tertiary/aromatic N) is 3. The number of ether oxygens (including phenoxy) is 1. The van der Waals surface area contributed by atoms with Crippen LogP contribution in [-0.2, 0) is 22.5 Å². The van der Waals surface area contributed by atoms with Gasteiger partial charge in [-0.05, 0) is 23.6 Å². The molecule has 1 saturated heterocycles. The molecule has 1 aliphatic heterocycles. The molecular formula is C22H27N5O2. The van der Waals surface area contributed by atoms with Gasteiger partial charge in [0.05, 0.1) is 30.4 Å². The molecule has 1 aliphatic carbocycles. The zero-order valence-corrected chi connectivity index (χ0v) is 16.6. The number of Topliss-reactive ketones (excluding diaryl/α,β-unsaturated/α-hetero) is 1. The van der Waals surface area contributed by atoms with Gasteiger partial charge >= 0.3 is 0 Å². The van der Waals surface area contributed by atoms with Crippen LogP contribution in [0.4, 0.5) is 0 Å². The molecule has 0 amide bonds. The molecule has 0 spiro atoms. The highest BCUT2D eigenvalue weighted by Gasteiger charge is 2.22. The maximum Gasteiger partial charge on any atom is 0.156 e. The van der Waals surface area contributed by atoms with E-state index in [9.17, 15) is 4.79 Å². The number of fused-ring (bicyclic) bond motifs is 1. The quantitative estimate of drug-likeness (QED) is 0.644. The van der Waals surface area contributed by atoms with Crippen LogP contribution in [0, 0.1) is 5.92 Å². The molecule has 3 heterocycles. The Morgan fingerprint density at radius 2 is 2.10 bits per heavy atom. The Morgan fingerprint density at radius 3 is 2.90 bits per heavy atom. The van der Waals surface area contributed by atoms with E-state index < -0.39 is 0 Å². The number of nitrogens with one attached hydrogen (secondary N) is 2. The number of aromatic nitrogens is 4. The van der Waals surface area contributed by atoms with Crippen molar-refractivity contribution in [2.75, 3.05) is 26.3 Å². The fourth-order valence-corrected chi connectivity index (χ4v) is 4.24. The normalized spacial score (nSPS) is 18.2. The van der Waals surface area contributed by atoms with Crippen LogP contribution in [0.15, 0.2) is 24.4 Å². The van der Waals surface area contributed by atoms with Gasteiger partial charge in [0.25, 0.3) is 0 Å². The zero-order chi connectivity index (χ0) is 19.6. The van der Waals surface area contributed by atoms with Crippen LogP contribution in [0.1, 0.15) is 36.8 Å². The van der Waals surface area contributed by atoms with E-state index in [0.29, 0.717) is 24.5 Å². The van der Waals surface area contributed by atoms with Crippen LogP contribution in [0.5, 0.6) is 0 Å². The third-order valence-electron chi connectivity index (χ3n) is 6.14. The molecule has 0 bridgehead atoms. The third kappa shape index (κ3) is 4.11. The van der Waals surface area contributed by atoms with Gasteiger partial charge in [-0.1, -0.05) is 25.3 Å². The van der Waals surface area contributed by atoms with E-state index in [1.54, 1.807) is 6.20 Å². The summed E-state index contributed by atoms with van der Waals surface area (Å²) in [6, 6.07) is 6.36. The zero-order valence-electron chi connectivity index (χ0n) is 16.6. The van der Waals surface area contributed by atoms with Crippen LogP contribution < -0.4 is 0 Å². The van der Waals surface area contributed by atoms with Gasteiger partial charge in [-0.25, -0.2) is 4.98 Å². The predicted molar refractivity (Wildman–Crippen MR) is 110 cm³/mol. The standard InChI is InChI=1S/C22H27N5O2/c28-18(10-15-2-1-3-15)12-17-13-23-26-21(17)22-24-19-5-4-16(11-20(19)25-22)14-27-6-8-29-9-7-27/h4-5,11,13,15H,1-3,6-10,12,14H2,(H,23,26)(H,24,25). The lowest BCUT2D eigenvalue weighted by atomic mass is 9.81. The number of carbonyl (C=O) groups is 1. The SMILES string of the molecule is O=C(Cc1cn[nH]c1-c1nc2ccc(CN3CCOCC3)cc2[nH]1)CC1CCC1. The Morgan fingerprint density at radius 1 is 1.24 bits per heavy atom. The van der Waals surface area contributed by atoms with Gasteiger partial charge in [-0.15, -0.1) is 0 Å². The largest absolute Gasteiger partial charge is 0.379 e. The fraction of sp³-hybridized carbons (Fsp3) is 0.500. The Kier molecular flexibility index (Phi) is 5.16. The van der Waals surface area contributed by atoms with Gasteiger partial charge in [0, 0.05) is 38.0 Å². The third-order valence-corrected chi connectivity index (χ3v) is 6.14. The summed E-state index contributed by atoms with van der Waals surface area (Å²) in [5.74, 6) is 1.63. The van der Waals surface area contributed by atoms with E-state index in [0.717, 1.165) is 61.0 Å². The summed E-state index contributed by atoms with van der Waals surface area (Å²) in [7, 11) is 0. The average Bonchev–Trinajstić information content (AvgIpc) is 3.31. The van der Waals surface area contributed by atoms with E-state index in [2.05, 4.69) is 38.3 Å². The monoisotopic (exact) mass is 393 g/mol. The molecule has 2 fully saturated rings. The van der Waals surface area contributed by atoms with Gasteiger partial charge in [-0.3, -0.25) is 14.8 Å². The molecule has 0 radical (unpaired) electrons. The second-order valence-corrected chi connectivity index (χ2v) is 8.31. The number of aromatic amines is 2. The number of morpholine rings is 1. The van der Waals surface area contributed by atoms with E-state index in [4.69, 9.17) is 9.72 Å². The highest BCUT2D eigenvalue weighted by atomic mass is 16.5. The van der Waals surface area contributed by atoms with Crippen molar-refractivity contribution in [1.82, 2.24) is 25.1 Å². The van der Waals surface area contributed by atoms with E-state index >= 15 is 0 Å². The van der Waals surface area contributed by atoms with Crippen molar-refractivity contribution in [3.63, 3.8) is 0 Å². The number of benzene rings is 1. The van der Waals surface area contributed by atoms with E-state index in [1.165, 1.54) is 24.8 Å². The number of hydrogen-bond acceptors (Lipinski definition) is 5. The van der Waals surface area contributed by atoms with Crippen molar-refractivity contribution in [1.29, 1.82) is 0 Å². The lowest BCUT2D eigenvalue weighted by molar-refractivity contribution is -0.119. The molecule has 7 heteroatoms. The van der Waals surface area contributed by atoms with Crippen molar-refractivity contribution in [2.45, 2.75) is 38.6 Å². The molecule has 1 saturated carbocycles. The first kappa shape index (κ1) is 18.5. The first-order valence-corrected chi connectivity index (χ1v) is 10.6. The number of hydrogen-bond donors (Lipinski definition) is 2. The van der Waals surface area contributed by atoms with Crippen LogP contribution in [0.3, 0.4) is 0 Å². The molecule has 29 heavy (non-hydrogen) atoms. The predicted octanol–water partition coefficient (Wildman–Crippen LogP) is 3.09. The van der Waals surface area contributed by atoms with Gasteiger partial charge in [0.15, 0.2) is 5.82 Å². The maximum absolute atomic E-state index is 12.4. The first-order valence-electron chi connectivity index (χ1n) is 10.6. The summed E-state index contributed by atoms with van der Waals surface area (Å²) < 4.78 is 5.43. The highest BCUT2D eigenvalue weighted by Crippen LogP contribution is 2.30. The van der Waals surface area contributed by atoms with Gasteiger partial charge in [0.2, 0.25) is 0 Å². The molecule has 7 nitrogen and oxygen atoms in total. The van der Waals surface area contributed by atoms with E-state index in [-0.39, 0.29) is 0 Å². The summed E-state index contributed by atoms with van der Waals surface area (Å²) in [4.78, 5) is 23.0. The van der Waals surface area contributed by atoms with Gasteiger partial charge in [0.1, 0.15) is 11.5 Å². The topological polar surface area (TPSA) is 86.9 Å². The van der Waals surface area contributed by atoms with Gasteiger partial charge < -0.3 is 9.72 Å². The van der Waals surface area contributed by atoms with Crippen LogP contribution in [0.25, 0.3) is 22.6 Å². The van der Waals surface area contributed by atoms with Crippen LogP contribution in [0.2, 0.25) is 0 Å². The molecule has 2 aromatic heterocycles. The van der Waals surface area contributed by atoms with Crippen molar-refractivity contribution >= 4 is 16.8 Å². The average molecular weight is 393 g/mol. The lowest BCUT2D eigenvalue weighted by Gasteiger charge is -2.26. The molecular weight excluding hydrogens is 366 g/mol. The number of ketones is 1. The highest BCUT2D eigenvalue weighted by molar-refractivity contribution is 5.84. The van der Waals surface area contributed by atoms with Crippen molar-refractivity contribution in [3.05, 3.63) is 35.5 Å². The Balaban J connectivity index is 1.32. The minimum absolute atomic E-state index is 0.293. The molecule has 1 aromatic carbocycles. The molecule has 2 N–H and O–H groups in total. The van der Waals surface area contributed by atoms with Crippen molar-refractivity contribution < 1.29 is 9.53 Å². The first-order chi connectivity index (χ1) is 14.2. The minimum Gasteiger partial charge on any atom is -0.379 e. The lowest BCUT2D eigenvalue weighted by Crippen LogP contribution is -2.35. The summed E-state index contributed by atoms with van der Waals surface area (Å²) >= 11 is 0. The molecule has 5 rings (SSSR count). The molecule has 0 atom stereocenters. The number of H-pyrrole nitrogens is 2. The molecule has 2 aliphatic rings. The van der Waals surface area contributed by atoms with Crippen LogP contribution in [-0.4, -0.2) is 57.2 Å². The van der Waals surface area contributed by atoms with Crippen LogP contribution >= 0.6 is 0 Å². The smallest absolute Gasteiger partial charge is 0.156 e.